The van der Waals surface area contributed by atoms with Gasteiger partial charge in [0, 0.05) is 7.11 Å². The van der Waals surface area contributed by atoms with Crippen LogP contribution in [0.5, 0.6) is 0 Å². The van der Waals surface area contributed by atoms with E-state index >= 15 is 0 Å². The predicted molar refractivity (Wildman–Crippen MR) is 59.1 cm³/mol. The zero-order valence-electron chi connectivity index (χ0n) is 10.8. The number of methoxy groups -OCH3 is 1. The molecule has 0 aliphatic heterocycles. The van der Waals surface area contributed by atoms with Gasteiger partial charge in [-0.05, 0) is 0 Å². The lowest BCUT2D eigenvalue weighted by Gasteiger charge is -2.05. The third kappa shape index (κ3) is 13.0. The van der Waals surface area contributed by atoms with Gasteiger partial charge >= 0.3 is 12.1 Å². The van der Waals surface area contributed by atoms with Crippen molar-refractivity contribution in [2.24, 2.45) is 0 Å². The first-order valence-electron chi connectivity index (χ1n) is 5.54. The van der Waals surface area contributed by atoms with Crippen molar-refractivity contribution in [3.05, 3.63) is 0 Å². The Labute approximate surface area is 104 Å². The van der Waals surface area contributed by atoms with Gasteiger partial charge < -0.3 is 9.47 Å². The lowest BCUT2D eigenvalue weighted by Crippen LogP contribution is -2.26. The lowest BCUT2D eigenvalue weighted by atomic mass is 10.3. The summed E-state index contributed by atoms with van der Waals surface area (Å²) in [5.74, 6) is -3.32. The van der Waals surface area contributed by atoms with Gasteiger partial charge in [0.05, 0.1) is 6.61 Å². The standard InChI is InChI=1S/C7H9F3O4.C4H10/c1-13-2-3-14-6(12)4-5(11)7(8,9)10;1-3-4-2/h2-4H2,1H3;3-4H2,1-2H3. The van der Waals surface area contributed by atoms with Crippen LogP contribution in [0.4, 0.5) is 13.2 Å². The van der Waals surface area contributed by atoms with Gasteiger partial charge in [0.25, 0.3) is 0 Å². The van der Waals surface area contributed by atoms with Crippen LogP contribution in [0.15, 0.2) is 0 Å². The van der Waals surface area contributed by atoms with Crippen LogP contribution in [-0.2, 0) is 19.1 Å². The Morgan fingerprint density at radius 3 is 1.89 bits per heavy atom. The molecule has 0 spiro atoms. The Morgan fingerprint density at radius 2 is 1.56 bits per heavy atom. The summed E-state index contributed by atoms with van der Waals surface area (Å²) in [5.41, 5.74) is 0. The van der Waals surface area contributed by atoms with Crippen molar-refractivity contribution in [2.45, 2.75) is 39.3 Å². The van der Waals surface area contributed by atoms with E-state index in [4.69, 9.17) is 0 Å². The smallest absolute Gasteiger partial charge is 0.450 e. The molecule has 0 N–H and O–H groups in total. The summed E-state index contributed by atoms with van der Waals surface area (Å²) in [7, 11) is 1.34. The predicted octanol–water partition coefficient (Wildman–Crippen LogP) is 2.50. The largest absolute Gasteiger partial charge is 0.463 e. The van der Waals surface area contributed by atoms with E-state index in [1.165, 1.54) is 20.0 Å². The average Bonchev–Trinajstić information content (AvgIpc) is 2.28. The maximum absolute atomic E-state index is 11.6. The molecule has 0 radical (unpaired) electrons. The van der Waals surface area contributed by atoms with Crippen LogP contribution < -0.4 is 0 Å². The molecule has 0 aliphatic rings. The van der Waals surface area contributed by atoms with E-state index < -0.39 is 24.3 Å². The maximum Gasteiger partial charge on any atom is 0.450 e. The number of carbonyl (C=O) groups excluding carboxylic acids is 2. The van der Waals surface area contributed by atoms with E-state index in [-0.39, 0.29) is 13.2 Å². The zero-order chi connectivity index (χ0) is 14.6. The Hall–Kier alpha value is -1.11. The van der Waals surface area contributed by atoms with Gasteiger partial charge in [0.2, 0.25) is 5.78 Å². The molecule has 0 aliphatic carbocycles. The molecule has 7 heteroatoms. The molecule has 0 heterocycles. The van der Waals surface area contributed by atoms with Gasteiger partial charge in [-0.3, -0.25) is 9.59 Å². The minimum Gasteiger partial charge on any atom is -0.463 e. The number of esters is 1. The lowest BCUT2D eigenvalue weighted by molar-refractivity contribution is -0.174. The van der Waals surface area contributed by atoms with Crippen LogP contribution in [-0.4, -0.2) is 38.3 Å². The van der Waals surface area contributed by atoms with E-state index in [0.29, 0.717) is 0 Å². The van der Waals surface area contributed by atoms with E-state index in [0.717, 1.165) is 0 Å². The molecule has 4 nitrogen and oxygen atoms in total. The Kier molecular flexibility index (Phi) is 11.8. The van der Waals surface area contributed by atoms with Gasteiger partial charge in [-0.1, -0.05) is 26.7 Å². The van der Waals surface area contributed by atoms with Crippen molar-refractivity contribution in [1.82, 2.24) is 0 Å². The summed E-state index contributed by atoms with van der Waals surface area (Å²) in [6.07, 6.45) is -3.63. The van der Waals surface area contributed by atoms with E-state index in [1.54, 1.807) is 0 Å². The summed E-state index contributed by atoms with van der Waals surface area (Å²) in [6, 6.07) is 0. The number of ether oxygens (including phenoxy) is 2. The topological polar surface area (TPSA) is 52.6 Å². The van der Waals surface area contributed by atoms with Crippen molar-refractivity contribution in [2.75, 3.05) is 20.3 Å². The van der Waals surface area contributed by atoms with Crippen molar-refractivity contribution in [1.29, 1.82) is 0 Å². The van der Waals surface area contributed by atoms with Crippen molar-refractivity contribution < 1.29 is 32.2 Å². The summed E-state index contributed by atoms with van der Waals surface area (Å²) in [4.78, 5) is 20.8. The number of alkyl halides is 3. The fraction of sp³-hybridized carbons (Fsp3) is 0.818. The molecule has 0 rings (SSSR count). The molecule has 0 fully saturated rings. The molecule has 108 valence electrons. The first-order chi connectivity index (χ1) is 8.29. The second kappa shape index (κ2) is 11.0. The molecule has 0 saturated heterocycles. The Balaban J connectivity index is 0. The molecular weight excluding hydrogens is 253 g/mol. The highest BCUT2D eigenvalue weighted by atomic mass is 19.4. The van der Waals surface area contributed by atoms with Gasteiger partial charge in [-0.25, -0.2) is 0 Å². The number of halogens is 3. The molecule has 0 aromatic heterocycles. The van der Waals surface area contributed by atoms with Crippen LogP contribution in [0, 0.1) is 0 Å². The zero-order valence-corrected chi connectivity index (χ0v) is 10.8. The summed E-state index contributed by atoms with van der Waals surface area (Å²) in [5, 5.41) is 0. The summed E-state index contributed by atoms with van der Waals surface area (Å²) in [6.45, 7) is 4.27. The highest BCUT2D eigenvalue weighted by Gasteiger charge is 2.39. The first kappa shape index (κ1) is 19.2. The number of Topliss-reactive ketones (excluding diaryl/α,β-unsaturated/α-hetero) is 1. The van der Waals surface area contributed by atoms with Crippen LogP contribution >= 0.6 is 0 Å². The number of hydrogen-bond acceptors (Lipinski definition) is 4. The molecule has 18 heavy (non-hydrogen) atoms. The highest BCUT2D eigenvalue weighted by Crippen LogP contribution is 2.17. The van der Waals surface area contributed by atoms with Gasteiger partial charge in [0.15, 0.2) is 0 Å². The van der Waals surface area contributed by atoms with Gasteiger partial charge in [-0.2, -0.15) is 13.2 Å². The van der Waals surface area contributed by atoms with E-state index in [2.05, 4.69) is 23.3 Å². The third-order valence-electron chi connectivity index (χ3n) is 1.67. The second-order valence-electron chi connectivity index (χ2n) is 3.31. The van der Waals surface area contributed by atoms with Crippen LogP contribution in [0.3, 0.4) is 0 Å². The third-order valence-corrected chi connectivity index (χ3v) is 1.67. The minimum absolute atomic E-state index is 0.0753. The van der Waals surface area contributed by atoms with E-state index in [9.17, 15) is 22.8 Å². The number of hydrogen-bond donors (Lipinski definition) is 0. The SMILES string of the molecule is CCCC.COCCOC(=O)CC(=O)C(F)(F)F. The van der Waals surface area contributed by atoms with Crippen molar-refractivity contribution in [3.8, 4) is 0 Å². The minimum atomic E-state index is -4.99. The number of unbranched alkanes of at least 4 members (excludes halogenated alkanes) is 1. The molecule has 0 unspecified atom stereocenters. The number of rotatable bonds is 6. The molecular formula is C11H19F3O4. The number of carbonyl (C=O) groups is 2. The molecule has 0 amide bonds. The first-order valence-corrected chi connectivity index (χ1v) is 5.54. The molecule has 0 aromatic carbocycles. The normalized spacial score (nSPS) is 10.3. The van der Waals surface area contributed by atoms with Crippen molar-refractivity contribution in [3.63, 3.8) is 0 Å². The molecule has 0 atom stereocenters. The molecule has 0 bridgehead atoms. The number of ketones is 1. The average molecular weight is 272 g/mol. The van der Waals surface area contributed by atoms with Crippen LogP contribution in [0.1, 0.15) is 33.1 Å². The maximum atomic E-state index is 11.6. The summed E-state index contributed by atoms with van der Waals surface area (Å²) < 4.78 is 43.6. The Bertz CT molecular complexity index is 237. The van der Waals surface area contributed by atoms with Crippen LogP contribution in [0.2, 0.25) is 0 Å². The fourth-order valence-electron chi connectivity index (χ4n) is 0.521. The van der Waals surface area contributed by atoms with Crippen LogP contribution in [0.25, 0.3) is 0 Å². The van der Waals surface area contributed by atoms with Gasteiger partial charge in [-0.15, -0.1) is 0 Å². The molecule has 0 saturated carbocycles. The second-order valence-corrected chi connectivity index (χ2v) is 3.31. The van der Waals surface area contributed by atoms with Crippen molar-refractivity contribution >= 4 is 11.8 Å². The fourth-order valence-corrected chi connectivity index (χ4v) is 0.521. The van der Waals surface area contributed by atoms with E-state index in [1.807, 2.05) is 0 Å². The monoisotopic (exact) mass is 272 g/mol. The molecule has 0 aromatic rings. The Morgan fingerprint density at radius 1 is 1.06 bits per heavy atom. The quantitative estimate of drug-likeness (QED) is 0.423. The highest BCUT2D eigenvalue weighted by molar-refractivity contribution is 5.98. The van der Waals surface area contributed by atoms with Gasteiger partial charge in [0.1, 0.15) is 13.0 Å². The summed E-state index contributed by atoms with van der Waals surface area (Å²) >= 11 is 0.